The molecule has 0 saturated carbocycles. The first-order valence-corrected chi connectivity index (χ1v) is 6.29. The van der Waals surface area contributed by atoms with Crippen LogP contribution in [-0.4, -0.2) is 50.7 Å². The number of aromatic nitrogens is 1. The Balaban J connectivity index is 2.70. The second-order valence-electron chi connectivity index (χ2n) is 4.64. The van der Waals surface area contributed by atoms with E-state index in [1.165, 1.54) is 0 Å². The maximum atomic E-state index is 5.84. The highest BCUT2D eigenvalue weighted by Gasteiger charge is 2.08. The quantitative estimate of drug-likeness (QED) is 0.796. The van der Waals surface area contributed by atoms with Crippen molar-refractivity contribution in [2.24, 2.45) is 0 Å². The van der Waals surface area contributed by atoms with Gasteiger partial charge < -0.3 is 20.3 Å². The molecule has 1 aromatic heterocycles. The molecule has 5 heteroatoms. The number of nitrogens with two attached hydrogens (primary N) is 1. The Morgan fingerprint density at radius 1 is 1.22 bits per heavy atom. The highest BCUT2D eigenvalue weighted by atomic mass is 16.5. The Hall–Kier alpha value is -1.49. The van der Waals surface area contributed by atoms with E-state index in [0.29, 0.717) is 18.2 Å². The lowest BCUT2D eigenvalue weighted by atomic mass is 10.3. The van der Waals surface area contributed by atoms with E-state index in [2.05, 4.69) is 35.8 Å². The molecular formula is C13H24N4O. The lowest BCUT2D eigenvalue weighted by molar-refractivity contribution is 0.307. The van der Waals surface area contributed by atoms with Crippen LogP contribution in [0.25, 0.3) is 0 Å². The Labute approximate surface area is 110 Å². The maximum absolute atomic E-state index is 5.84. The lowest BCUT2D eigenvalue weighted by Gasteiger charge is -2.21. The van der Waals surface area contributed by atoms with Gasteiger partial charge in [-0.25, -0.2) is 0 Å². The van der Waals surface area contributed by atoms with Gasteiger partial charge in [0, 0.05) is 20.1 Å². The van der Waals surface area contributed by atoms with Crippen molar-refractivity contribution in [2.45, 2.75) is 13.3 Å². The Morgan fingerprint density at radius 2 is 1.94 bits per heavy atom. The Bertz CT molecular complexity index is 368. The molecule has 0 fully saturated rings. The van der Waals surface area contributed by atoms with Crippen LogP contribution in [-0.2, 0) is 0 Å². The average Bonchev–Trinajstić information content (AvgIpc) is 2.35. The van der Waals surface area contributed by atoms with Crippen molar-refractivity contribution in [2.75, 3.05) is 51.5 Å². The summed E-state index contributed by atoms with van der Waals surface area (Å²) >= 11 is 0. The normalized spacial score (nSPS) is 10.7. The molecule has 0 radical (unpaired) electrons. The summed E-state index contributed by atoms with van der Waals surface area (Å²) in [6.45, 7) is 4.59. The van der Waals surface area contributed by atoms with Crippen molar-refractivity contribution in [3.8, 4) is 5.88 Å². The molecule has 0 bridgehead atoms. The van der Waals surface area contributed by atoms with Gasteiger partial charge in [-0.3, -0.25) is 0 Å². The van der Waals surface area contributed by atoms with E-state index in [9.17, 15) is 0 Å². The largest absolute Gasteiger partial charge is 0.476 e. The summed E-state index contributed by atoms with van der Waals surface area (Å²) in [5, 5.41) is 0. The van der Waals surface area contributed by atoms with Crippen LogP contribution < -0.4 is 15.4 Å². The Kier molecular flexibility index (Phi) is 5.71. The predicted octanol–water partition coefficient (Wildman–Crippen LogP) is 1.45. The van der Waals surface area contributed by atoms with Crippen LogP contribution in [0.2, 0.25) is 0 Å². The van der Waals surface area contributed by atoms with Crippen LogP contribution in [0.5, 0.6) is 5.88 Å². The highest BCUT2D eigenvalue weighted by molar-refractivity contribution is 5.54. The minimum Gasteiger partial charge on any atom is -0.476 e. The molecule has 5 nitrogen and oxygen atoms in total. The minimum absolute atomic E-state index is 0.533. The summed E-state index contributed by atoms with van der Waals surface area (Å²) in [5.74, 6) is 1.42. The predicted molar refractivity (Wildman–Crippen MR) is 76.3 cm³/mol. The molecule has 18 heavy (non-hydrogen) atoms. The first kappa shape index (κ1) is 14.6. The van der Waals surface area contributed by atoms with Crippen molar-refractivity contribution in [3.05, 3.63) is 12.1 Å². The number of anilines is 2. The number of likely N-dealkylation sites (N-methyl/N-ethyl adjacent to an activating group) is 2. The maximum Gasteiger partial charge on any atom is 0.239 e. The van der Waals surface area contributed by atoms with Gasteiger partial charge in [0.25, 0.3) is 0 Å². The average molecular weight is 252 g/mol. The van der Waals surface area contributed by atoms with E-state index in [0.717, 1.165) is 25.3 Å². The fourth-order valence-electron chi connectivity index (χ4n) is 1.43. The third-order valence-electron chi connectivity index (χ3n) is 2.59. The summed E-state index contributed by atoms with van der Waals surface area (Å²) in [7, 11) is 6.13. The molecule has 0 aromatic carbocycles. The molecule has 0 spiro atoms. The van der Waals surface area contributed by atoms with Crippen LogP contribution in [0.15, 0.2) is 12.1 Å². The van der Waals surface area contributed by atoms with Gasteiger partial charge in [0.05, 0.1) is 12.3 Å². The molecule has 0 aliphatic carbocycles. The first-order chi connectivity index (χ1) is 8.54. The standard InChI is InChI=1S/C13H24N4O/c1-5-10-18-13-11(14)6-7-12(15-13)17(4)9-8-16(2)3/h6-7H,5,8-10,14H2,1-4H3. The molecule has 1 aromatic rings. The molecule has 0 aliphatic heterocycles. The molecule has 0 atom stereocenters. The number of hydrogen-bond acceptors (Lipinski definition) is 5. The molecule has 0 unspecified atom stereocenters. The van der Waals surface area contributed by atoms with Gasteiger partial charge >= 0.3 is 0 Å². The zero-order chi connectivity index (χ0) is 13.5. The molecule has 0 saturated heterocycles. The van der Waals surface area contributed by atoms with Gasteiger partial charge in [0.1, 0.15) is 5.82 Å². The zero-order valence-corrected chi connectivity index (χ0v) is 11.8. The fraction of sp³-hybridized carbons (Fsp3) is 0.615. The molecule has 1 heterocycles. The van der Waals surface area contributed by atoms with Crippen molar-refractivity contribution in [1.29, 1.82) is 0 Å². The lowest BCUT2D eigenvalue weighted by Crippen LogP contribution is -2.29. The Morgan fingerprint density at radius 3 is 2.56 bits per heavy atom. The third-order valence-corrected chi connectivity index (χ3v) is 2.59. The number of pyridine rings is 1. The van der Waals surface area contributed by atoms with Crippen molar-refractivity contribution in [1.82, 2.24) is 9.88 Å². The number of ether oxygens (including phenoxy) is 1. The second-order valence-corrected chi connectivity index (χ2v) is 4.64. The number of nitrogens with zero attached hydrogens (tertiary/aromatic N) is 3. The highest BCUT2D eigenvalue weighted by Crippen LogP contribution is 2.22. The fourth-order valence-corrected chi connectivity index (χ4v) is 1.43. The number of hydrogen-bond donors (Lipinski definition) is 1. The summed E-state index contributed by atoms with van der Waals surface area (Å²) in [6.07, 6.45) is 0.946. The van der Waals surface area contributed by atoms with E-state index >= 15 is 0 Å². The number of nitrogen functional groups attached to an aromatic ring is 1. The molecular weight excluding hydrogens is 228 g/mol. The molecule has 0 amide bonds. The van der Waals surface area contributed by atoms with Gasteiger partial charge in [-0.2, -0.15) is 4.98 Å². The van der Waals surface area contributed by atoms with Gasteiger partial charge in [0.15, 0.2) is 0 Å². The van der Waals surface area contributed by atoms with Crippen LogP contribution in [0.4, 0.5) is 11.5 Å². The van der Waals surface area contributed by atoms with E-state index in [-0.39, 0.29) is 0 Å². The van der Waals surface area contributed by atoms with Crippen LogP contribution in [0.3, 0.4) is 0 Å². The summed E-state index contributed by atoms with van der Waals surface area (Å²) in [4.78, 5) is 8.68. The zero-order valence-electron chi connectivity index (χ0n) is 11.8. The summed E-state index contributed by atoms with van der Waals surface area (Å²) in [5.41, 5.74) is 6.43. The van der Waals surface area contributed by atoms with Crippen molar-refractivity contribution in [3.63, 3.8) is 0 Å². The van der Waals surface area contributed by atoms with Crippen LogP contribution in [0, 0.1) is 0 Å². The van der Waals surface area contributed by atoms with Gasteiger partial charge in [0.2, 0.25) is 5.88 Å². The monoisotopic (exact) mass is 252 g/mol. The minimum atomic E-state index is 0.533. The SMILES string of the molecule is CCCOc1nc(N(C)CCN(C)C)ccc1N. The first-order valence-electron chi connectivity index (χ1n) is 6.29. The van der Waals surface area contributed by atoms with Gasteiger partial charge in [-0.05, 0) is 32.6 Å². The van der Waals surface area contributed by atoms with E-state index in [1.807, 2.05) is 19.2 Å². The van der Waals surface area contributed by atoms with Crippen LogP contribution >= 0.6 is 0 Å². The van der Waals surface area contributed by atoms with E-state index < -0.39 is 0 Å². The van der Waals surface area contributed by atoms with E-state index in [1.54, 1.807) is 0 Å². The summed E-state index contributed by atoms with van der Waals surface area (Å²) < 4.78 is 5.53. The van der Waals surface area contributed by atoms with Crippen molar-refractivity contribution >= 4 is 11.5 Å². The molecule has 102 valence electrons. The van der Waals surface area contributed by atoms with Gasteiger partial charge in [-0.15, -0.1) is 0 Å². The molecule has 1 rings (SSSR count). The van der Waals surface area contributed by atoms with E-state index in [4.69, 9.17) is 10.5 Å². The third kappa shape index (κ3) is 4.41. The van der Waals surface area contributed by atoms with Crippen molar-refractivity contribution < 1.29 is 4.74 Å². The summed E-state index contributed by atoms with van der Waals surface area (Å²) in [6, 6.07) is 3.77. The second kappa shape index (κ2) is 7.06. The molecule has 0 aliphatic rings. The molecule has 2 N–H and O–H groups in total. The smallest absolute Gasteiger partial charge is 0.239 e. The van der Waals surface area contributed by atoms with Gasteiger partial charge in [-0.1, -0.05) is 6.92 Å². The number of rotatable bonds is 7. The topological polar surface area (TPSA) is 54.6 Å². The van der Waals surface area contributed by atoms with Crippen LogP contribution in [0.1, 0.15) is 13.3 Å².